The highest BCUT2D eigenvalue weighted by molar-refractivity contribution is 7.92. The van der Waals surface area contributed by atoms with E-state index in [1.165, 1.54) is 39.5 Å². The predicted octanol–water partition coefficient (Wildman–Crippen LogP) is -0.195. The van der Waals surface area contributed by atoms with E-state index < -0.39 is 33.7 Å². The first-order valence-corrected chi connectivity index (χ1v) is 9.58. The molecule has 0 fully saturated rings. The van der Waals surface area contributed by atoms with Crippen molar-refractivity contribution in [3.05, 3.63) is 41.5 Å². The lowest BCUT2D eigenvalue weighted by Crippen LogP contribution is -2.44. The van der Waals surface area contributed by atoms with Gasteiger partial charge in [0.15, 0.2) is 0 Å². The Bertz CT molecular complexity index is 1000. The number of carbonyl (C=O) groups is 1. The molecule has 156 valence electrons. The topological polar surface area (TPSA) is 172 Å². The Labute approximate surface area is 167 Å². The highest BCUT2D eigenvalue weighted by Crippen LogP contribution is 2.24. The fourth-order valence-electron chi connectivity index (χ4n) is 2.33. The van der Waals surface area contributed by atoms with Crippen LogP contribution < -0.4 is 25.4 Å². The standard InChI is InChI=1S/C16H20N6O6S/c1-26-12-8-13(27-2)20-16(19-12)22(15(17)21-18)29(24,25)9-10-6-4-5-7-11(10)14(23)28-3/h4-8H,9,18H2,1-3H3,(H2,17,21). The summed E-state index contributed by atoms with van der Waals surface area (Å²) in [5, 5.41) is 3.25. The molecule has 29 heavy (non-hydrogen) atoms. The molecule has 0 amide bonds. The van der Waals surface area contributed by atoms with Crippen LogP contribution in [0.15, 0.2) is 35.4 Å². The van der Waals surface area contributed by atoms with Gasteiger partial charge in [-0.25, -0.2) is 13.2 Å². The van der Waals surface area contributed by atoms with E-state index in [1.807, 2.05) is 0 Å². The van der Waals surface area contributed by atoms with Crippen LogP contribution in [0.25, 0.3) is 0 Å². The number of ether oxygens (including phenoxy) is 3. The van der Waals surface area contributed by atoms with Crippen LogP contribution in [-0.2, 0) is 20.5 Å². The van der Waals surface area contributed by atoms with Crippen molar-refractivity contribution in [1.29, 1.82) is 0 Å². The van der Waals surface area contributed by atoms with E-state index in [0.717, 1.165) is 0 Å². The second kappa shape index (κ2) is 9.05. The van der Waals surface area contributed by atoms with E-state index in [4.69, 9.17) is 25.8 Å². The highest BCUT2D eigenvalue weighted by Gasteiger charge is 2.31. The Kier molecular flexibility index (Phi) is 6.77. The minimum Gasteiger partial charge on any atom is -0.481 e. The van der Waals surface area contributed by atoms with E-state index in [1.54, 1.807) is 12.1 Å². The van der Waals surface area contributed by atoms with Crippen LogP contribution in [0.4, 0.5) is 5.95 Å². The third-order valence-corrected chi connectivity index (χ3v) is 5.23. The van der Waals surface area contributed by atoms with Crippen LogP contribution in [0.3, 0.4) is 0 Å². The van der Waals surface area contributed by atoms with Crippen molar-refractivity contribution < 1.29 is 27.4 Å². The van der Waals surface area contributed by atoms with Crippen molar-refractivity contribution in [3.8, 4) is 11.8 Å². The smallest absolute Gasteiger partial charge is 0.338 e. The Morgan fingerprint density at radius 3 is 2.24 bits per heavy atom. The lowest BCUT2D eigenvalue weighted by Gasteiger charge is -2.21. The molecule has 4 N–H and O–H groups in total. The van der Waals surface area contributed by atoms with Crippen LogP contribution in [-0.4, -0.2) is 51.6 Å². The number of benzene rings is 1. The number of sulfonamides is 1. The summed E-state index contributed by atoms with van der Waals surface area (Å²) >= 11 is 0. The largest absolute Gasteiger partial charge is 0.481 e. The Morgan fingerprint density at radius 2 is 1.72 bits per heavy atom. The van der Waals surface area contributed by atoms with Crippen molar-refractivity contribution >= 4 is 27.9 Å². The zero-order chi connectivity index (χ0) is 21.6. The summed E-state index contributed by atoms with van der Waals surface area (Å²) in [7, 11) is -0.449. The van der Waals surface area contributed by atoms with Crippen LogP contribution in [0.1, 0.15) is 15.9 Å². The maximum atomic E-state index is 13.2. The lowest BCUT2D eigenvalue weighted by molar-refractivity contribution is 0.0600. The normalized spacial score (nSPS) is 11.6. The van der Waals surface area contributed by atoms with Gasteiger partial charge in [0.05, 0.1) is 38.7 Å². The van der Waals surface area contributed by atoms with E-state index in [0.29, 0.717) is 4.31 Å². The third kappa shape index (κ3) is 4.82. The van der Waals surface area contributed by atoms with Gasteiger partial charge in [-0.2, -0.15) is 14.3 Å². The molecule has 0 radical (unpaired) electrons. The second-order valence-corrected chi connectivity index (χ2v) is 7.23. The minimum atomic E-state index is -4.30. The third-order valence-electron chi connectivity index (χ3n) is 3.65. The van der Waals surface area contributed by atoms with Crippen molar-refractivity contribution in [2.45, 2.75) is 5.75 Å². The van der Waals surface area contributed by atoms with Gasteiger partial charge in [0.2, 0.25) is 27.7 Å². The molecule has 0 bridgehead atoms. The fourth-order valence-corrected chi connectivity index (χ4v) is 3.77. The van der Waals surface area contributed by atoms with Gasteiger partial charge in [0.25, 0.3) is 5.95 Å². The molecule has 0 aliphatic heterocycles. The SMILES string of the molecule is COC(=O)c1ccccc1CS(=O)(=O)N(C(N)=NN)c1nc(OC)cc(OC)n1. The van der Waals surface area contributed by atoms with Crippen LogP contribution in [0, 0.1) is 0 Å². The van der Waals surface area contributed by atoms with Crippen molar-refractivity contribution in [3.63, 3.8) is 0 Å². The molecule has 0 saturated carbocycles. The summed E-state index contributed by atoms with van der Waals surface area (Å²) in [4.78, 5) is 19.9. The van der Waals surface area contributed by atoms with E-state index in [-0.39, 0.29) is 22.9 Å². The van der Waals surface area contributed by atoms with E-state index >= 15 is 0 Å². The van der Waals surface area contributed by atoms with E-state index in [2.05, 4.69) is 15.1 Å². The molecule has 2 rings (SSSR count). The summed E-state index contributed by atoms with van der Waals surface area (Å²) in [6.45, 7) is 0. The van der Waals surface area contributed by atoms with Gasteiger partial charge in [0.1, 0.15) is 0 Å². The molecule has 0 saturated heterocycles. The lowest BCUT2D eigenvalue weighted by atomic mass is 10.1. The molecule has 12 nitrogen and oxygen atoms in total. The number of hydrazone groups is 1. The number of esters is 1. The molecule has 1 aromatic carbocycles. The van der Waals surface area contributed by atoms with Crippen LogP contribution in [0.2, 0.25) is 0 Å². The van der Waals surface area contributed by atoms with Gasteiger partial charge < -0.3 is 25.8 Å². The molecular formula is C16H20N6O6S. The Balaban J connectivity index is 2.58. The maximum Gasteiger partial charge on any atom is 0.338 e. The quantitative estimate of drug-likeness (QED) is 0.199. The zero-order valence-corrected chi connectivity index (χ0v) is 16.7. The minimum absolute atomic E-state index is 0.0202. The van der Waals surface area contributed by atoms with Crippen molar-refractivity contribution in [1.82, 2.24) is 9.97 Å². The van der Waals surface area contributed by atoms with Gasteiger partial charge in [-0.3, -0.25) is 0 Å². The summed E-state index contributed by atoms with van der Waals surface area (Å²) in [5.41, 5.74) is 5.96. The average Bonchev–Trinajstić information content (AvgIpc) is 2.72. The van der Waals surface area contributed by atoms with Gasteiger partial charge in [0, 0.05) is 0 Å². The first-order valence-electron chi connectivity index (χ1n) is 7.97. The molecule has 0 aliphatic rings. The molecular weight excluding hydrogens is 404 g/mol. The average molecular weight is 424 g/mol. The molecule has 1 heterocycles. The van der Waals surface area contributed by atoms with Crippen molar-refractivity contribution in [2.75, 3.05) is 25.6 Å². The fraction of sp³-hybridized carbons (Fsp3) is 0.250. The van der Waals surface area contributed by atoms with Gasteiger partial charge in [-0.05, 0) is 11.6 Å². The van der Waals surface area contributed by atoms with Gasteiger partial charge >= 0.3 is 5.97 Å². The molecule has 2 aromatic rings. The number of rotatable bonds is 7. The highest BCUT2D eigenvalue weighted by atomic mass is 32.2. The number of methoxy groups -OCH3 is 3. The van der Waals surface area contributed by atoms with Gasteiger partial charge in [-0.1, -0.05) is 18.2 Å². The summed E-state index contributed by atoms with van der Waals surface area (Å²) in [6, 6.07) is 7.40. The molecule has 13 heteroatoms. The van der Waals surface area contributed by atoms with Crippen LogP contribution in [0.5, 0.6) is 11.8 Å². The first-order chi connectivity index (χ1) is 13.8. The zero-order valence-electron chi connectivity index (χ0n) is 15.9. The second-order valence-electron chi connectivity index (χ2n) is 5.41. The molecule has 0 unspecified atom stereocenters. The number of hydrogen-bond acceptors (Lipinski definition) is 10. The monoisotopic (exact) mass is 424 g/mol. The predicted molar refractivity (Wildman–Crippen MR) is 104 cm³/mol. The Morgan fingerprint density at radius 1 is 1.14 bits per heavy atom. The number of nitrogens with zero attached hydrogens (tertiary/aromatic N) is 4. The summed E-state index contributed by atoms with van der Waals surface area (Å²) in [5.74, 6) is 2.91. The number of nitrogens with two attached hydrogens (primary N) is 2. The molecule has 1 aromatic heterocycles. The maximum absolute atomic E-state index is 13.2. The molecule has 0 aliphatic carbocycles. The summed E-state index contributed by atoms with van der Waals surface area (Å²) in [6.07, 6.45) is 0. The summed E-state index contributed by atoms with van der Waals surface area (Å²) < 4.78 is 41.6. The van der Waals surface area contributed by atoms with Crippen molar-refractivity contribution in [2.24, 2.45) is 16.7 Å². The van der Waals surface area contributed by atoms with Crippen LogP contribution >= 0.6 is 0 Å². The number of guanidine groups is 1. The molecule has 0 atom stereocenters. The molecule has 0 spiro atoms. The van der Waals surface area contributed by atoms with Gasteiger partial charge in [-0.15, -0.1) is 5.10 Å². The number of aromatic nitrogens is 2. The Hall–Kier alpha value is -3.61. The number of carbonyl (C=O) groups excluding carboxylic acids is 1. The number of hydrogen-bond donors (Lipinski definition) is 2. The first kappa shape index (κ1) is 21.7. The number of anilines is 1. The van der Waals surface area contributed by atoms with E-state index in [9.17, 15) is 13.2 Å².